The summed E-state index contributed by atoms with van der Waals surface area (Å²) in [6.45, 7) is 0.827. The van der Waals surface area contributed by atoms with E-state index in [0.29, 0.717) is 6.42 Å². The predicted octanol–water partition coefficient (Wildman–Crippen LogP) is 1.75. The van der Waals surface area contributed by atoms with Crippen LogP contribution in [0.3, 0.4) is 0 Å². The lowest BCUT2D eigenvalue weighted by molar-refractivity contribution is -0.671. The van der Waals surface area contributed by atoms with Crippen molar-refractivity contribution in [2.75, 3.05) is 0 Å². The molecule has 0 aliphatic heterocycles. The Balaban J connectivity index is 2.13. The minimum atomic E-state index is -2.15. The number of halogens is 2. The summed E-state index contributed by atoms with van der Waals surface area (Å²) in [6.07, 6.45) is 5.12. The highest BCUT2D eigenvalue weighted by Gasteiger charge is 2.03. The molecule has 0 aliphatic carbocycles. The molecule has 74 valence electrons. The summed E-state index contributed by atoms with van der Waals surface area (Å²) in [5.41, 5.74) is 0. The van der Waals surface area contributed by atoms with Gasteiger partial charge < -0.3 is 0 Å². The van der Waals surface area contributed by atoms with Crippen LogP contribution in [0.5, 0.6) is 0 Å². The van der Waals surface area contributed by atoms with Gasteiger partial charge in [-0.3, -0.25) is 0 Å². The van der Waals surface area contributed by atoms with Crippen molar-refractivity contribution in [3.63, 3.8) is 0 Å². The lowest BCUT2D eigenvalue weighted by Gasteiger charge is -1.97. The van der Waals surface area contributed by atoms with Gasteiger partial charge >= 0.3 is 0 Å². The quantitative estimate of drug-likeness (QED) is 0.493. The lowest BCUT2D eigenvalue weighted by atomic mass is 10.2. The van der Waals surface area contributed by atoms with E-state index in [0.717, 1.165) is 13.0 Å². The number of rotatable bonds is 5. The molecule has 1 heterocycles. The molecule has 0 amide bonds. The summed E-state index contributed by atoms with van der Waals surface area (Å²) < 4.78 is 27.5. The molecular formula is C9H15F2N2+. The second kappa shape index (κ2) is 4.94. The molecular weight excluding hydrogens is 174 g/mol. The molecule has 1 aromatic rings. The summed E-state index contributed by atoms with van der Waals surface area (Å²) in [5, 5.41) is 0. The monoisotopic (exact) mass is 189 g/mol. The van der Waals surface area contributed by atoms with Gasteiger partial charge in [-0.1, -0.05) is 0 Å². The fourth-order valence-corrected chi connectivity index (χ4v) is 1.23. The van der Waals surface area contributed by atoms with Crippen molar-refractivity contribution in [3.8, 4) is 0 Å². The number of nitrogens with zero attached hydrogens (tertiary/aromatic N) is 2. The van der Waals surface area contributed by atoms with E-state index >= 15 is 0 Å². The Morgan fingerprint density at radius 3 is 2.69 bits per heavy atom. The maximum atomic E-state index is 11.8. The summed E-state index contributed by atoms with van der Waals surface area (Å²) in [4.78, 5) is 0. The second-order valence-corrected chi connectivity index (χ2v) is 3.20. The van der Waals surface area contributed by atoms with Gasteiger partial charge in [-0.25, -0.2) is 17.9 Å². The molecule has 0 saturated carbocycles. The number of hydrogen-bond acceptors (Lipinski definition) is 0. The molecule has 0 fully saturated rings. The minimum Gasteiger partial charge on any atom is -0.240 e. The molecule has 4 heteroatoms. The van der Waals surface area contributed by atoms with Gasteiger partial charge in [0.2, 0.25) is 12.8 Å². The largest absolute Gasteiger partial charge is 0.243 e. The van der Waals surface area contributed by atoms with Gasteiger partial charge in [0.15, 0.2) is 0 Å². The van der Waals surface area contributed by atoms with Crippen LogP contribution < -0.4 is 4.57 Å². The van der Waals surface area contributed by atoms with Crippen LogP contribution in [-0.2, 0) is 13.6 Å². The van der Waals surface area contributed by atoms with Crippen LogP contribution in [0, 0.1) is 0 Å². The maximum absolute atomic E-state index is 11.8. The van der Waals surface area contributed by atoms with Crippen molar-refractivity contribution >= 4 is 0 Å². The molecule has 0 spiro atoms. The van der Waals surface area contributed by atoms with Gasteiger partial charge in [0.1, 0.15) is 12.4 Å². The van der Waals surface area contributed by atoms with Crippen LogP contribution in [0.4, 0.5) is 8.78 Å². The van der Waals surface area contributed by atoms with Crippen LogP contribution in [0.2, 0.25) is 0 Å². The number of unbranched alkanes of at least 4 members (excludes halogenated alkanes) is 1. The Morgan fingerprint density at radius 2 is 2.15 bits per heavy atom. The van der Waals surface area contributed by atoms with Crippen LogP contribution in [0.15, 0.2) is 18.7 Å². The first kappa shape index (κ1) is 10.2. The molecule has 0 aromatic carbocycles. The number of imidazole rings is 1. The van der Waals surface area contributed by atoms with E-state index in [1.54, 1.807) is 0 Å². The minimum absolute atomic E-state index is 0.0212. The van der Waals surface area contributed by atoms with E-state index < -0.39 is 6.43 Å². The molecule has 0 atom stereocenters. The Labute approximate surface area is 76.8 Å². The number of hydrogen-bond donors (Lipinski definition) is 0. The summed E-state index contributed by atoms with van der Waals surface area (Å²) in [6, 6.07) is 0. The van der Waals surface area contributed by atoms with Crippen molar-refractivity contribution in [1.82, 2.24) is 4.57 Å². The van der Waals surface area contributed by atoms with Gasteiger partial charge in [-0.2, -0.15) is 0 Å². The van der Waals surface area contributed by atoms with Crippen molar-refractivity contribution in [2.45, 2.75) is 32.2 Å². The van der Waals surface area contributed by atoms with E-state index in [-0.39, 0.29) is 6.42 Å². The first-order chi connectivity index (χ1) is 6.18. The third-order valence-corrected chi connectivity index (χ3v) is 1.91. The highest BCUT2D eigenvalue weighted by atomic mass is 19.3. The first-order valence-corrected chi connectivity index (χ1v) is 4.47. The highest BCUT2D eigenvalue weighted by Crippen LogP contribution is 2.06. The van der Waals surface area contributed by atoms with Crippen LogP contribution >= 0.6 is 0 Å². The fourth-order valence-electron chi connectivity index (χ4n) is 1.23. The topological polar surface area (TPSA) is 8.81 Å². The van der Waals surface area contributed by atoms with E-state index in [1.807, 2.05) is 34.9 Å². The molecule has 0 N–H and O–H groups in total. The lowest BCUT2D eigenvalue weighted by Crippen LogP contribution is -2.23. The molecule has 0 aliphatic rings. The predicted molar refractivity (Wildman–Crippen MR) is 45.5 cm³/mol. The molecule has 1 aromatic heterocycles. The smallest absolute Gasteiger partial charge is 0.240 e. The summed E-state index contributed by atoms with van der Waals surface area (Å²) in [7, 11) is 1.94. The maximum Gasteiger partial charge on any atom is 0.243 e. The standard InChI is InChI=1S/C9H15F2N2/c1-12-6-7-13(8-12)5-3-2-4-9(10)11/h6-9H,2-5H2,1H3/q+1. The molecule has 0 unspecified atom stereocenters. The van der Waals surface area contributed by atoms with Crippen molar-refractivity contribution in [1.29, 1.82) is 0 Å². The Hall–Kier alpha value is -0.930. The summed E-state index contributed by atoms with van der Waals surface area (Å²) in [5.74, 6) is 0. The average molecular weight is 189 g/mol. The van der Waals surface area contributed by atoms with Gasteiger partial charge in [0.05, 0.1) is 13.6 Å². The van der Waals surface area contributed by atoms with E-state index in [9.17, 15) is 8.78 Å². The normalized spacial score (nSPS) is 11.1. The van der Waals surface area contributed by atoms with Crippen molar-refractivity contribution in [3.05, 3.63) is 18.7 Å². The Kier molecular flexibility index (Phi) is 3.86. The van der Waals surface area contributed by atoms with Gasteiger partial charge in [0, 0.05) is 6.42 Å². The number of aryl methyl sites for hydroxylation is 2. The zero-order chi connectivity index (χ0) is 9.68. The third kappa shape index (κ3) is 4.01. The molecule has 0 bridgehead atoms. The van der Waals surface area contributed by atoms with Crippen LogP contribution in [0.1, 0.15) is 19.3 Å². The highest BCUT2D eigenvalue weighted by molar-refractivity contribution is 4.65. The SMILES string of the molecule is C[n+]1ccn(CCCCC(F)F)c1. The van der Waals surface area contributed by atoms with E-state index in [1.165, 1.54) is 0 Å². The number of alkyl halides is 2. The van der Waals surface area contributed by atoms with Crippen LogP contribution in [-0.4, -0.2) is 11.0 Å². The van der Waals surface area contributed by atoms with Gasteiger partial charge in [0.25, 0.3) is 0 Å². The molecule has 2 nitrogen and oxygen atoms in total. The van der Waals surface area contributed by atoms with Gasteiger partial charge in [-0.15, -0.1) is 0 Å². The van der Waals surface area contributed by atoms with Crippen molar-refractivity contribution in [2.24, 2.45) is 7.05 Å². The average Bonchev–Trinajstić information content (AvgIpc) is 2.45. The summed E-state index contributed by atoms with van der Waals surface area (Å²) >= 11 is 0. The Bertz CT molecular complexity index is 246. The van der Waals surface area contributed by atoms with Crippen molar-refractivity contribution < 1.29 is 13.3 Å². The van der Waals surface area contributed by atoms with Gasteiger partial charge in [-0.05, 0) is 12.8 Å². The molecule has 1 rings (SSSR count). The van der Waals surface area contributed by atoms with E-state index in [2.05, 4.69) is 0 Å². The molecule has 0 saturated heterocycles. The zero-order valence-electron chi connectivity index (χ0n) is 7.79. The molecule has 0 radical (unpaired) electrons. The van der Waals surface area contributed by atoms with E-state index in [4.69, 9.17) is 0 Å². The number of aromatic nitrogens is 2. The second-order valence-electron chi connectivity index (χ2n) is 3.20. The zero-order valence-corrected chi connectivity index (χ0v) is 7.79. The third-order valence-electron chi connectivity index (χ3n) is 1.91. The first-order valence-electron chi connectivity index (χ1n) is 4.47. The van der Waals surface area contributed by atoms with Crippen LogP contribution in [0.25, 0.3) is 0 Å². The fraction of sp³-hybridized carbons (Fsp3) is 0.667. The Morgan fingerprint density at radius 1 is 1.38 bits per heavy atom. The molecule has 13 heavy (non-hydrogen) atoms.